The molecule has 0 radical (unpaired) electrons. The van der Waals surface area contributed by atoms with Crippen molar-refractivity contribution in [2.24, 2.45) is 0 Å². The molecule has 4 nitrogen and oxygen atoms in total. The topological polar surface area (TPSA) is 55.4 Å². The summed E-state index contributed by atoms with van der Waals surface area (Å²) in [7, 11) is 1.40. The number of ether oxygens (including phenoxy) is 1. The molecule has 0 aliphatic carbocycles. The molecule has 0 aliphatic heterocycles. The van der Waals surface area contributed by atoms with Gasteiger partial charge in [0.2, 0.25) is 0 Å². The second kappa shape index (κ2) is 5.46. The van der Waals surface area contributed by atoms with E-state index in [2.05, 4.69) is 10.1 Å². The van der Waals surface area contributed by atoms with Crippen LogP contribution in [0.4, 0.5) is 4.39 Å². The summed E-state index contributed by atoms with van der Waals surface area (Å²) in [4.78, 5) is 22.2. The van der Waals surface area contributed by atoms with E-state index >= 15 is 0 Å². The van der Waals surface area contributed by atoms with Gasteiger partial charge in [0.05, 0.1) is 5.02 Å². The molecule has 0 fully saturated rings. The SMILES string of the molecule is CNC(=O)COC(=O)c1c(F)cccc1Cl. The second-order valence-electron chi connectivity index (χ2n) is 2.85. The number of carbonyl (C=O) groups excluding carboxylic acids is 2. The van der Waals surface area contributed by atoms with Crippen LogP contribution in [0.15, 0.2) is 18.2 Å². The van der Waals surface area contributed by atoms with Crippen molar-refractivity contribution >= 4 is 23.5 Å². The lowest BCUT2D eigenvalue weighted by atomic mass is 10.2. The monoisotopic (exact) mass is 245 g/mol. The van der Waals surface area contributed by atoms with Crippen molar-refractivity contribution in [1.82, 2.24) is 5.32 Å². The van der Waals surface area contributed by atoms with E-state index in [9.17, 15) is 14.0 Å². The van der Waals surface area contributed by atoms with Crippen LogP contribution in [0.25, 0.3) is 0 Å². The molecule has 16 heavy (non-hydrogen) atoms. The van der Waals surface area contributed by atoms with Crippen LogP contribution in [0.2, 0.25) is 5.02 Å². The first-order chi connectivity index (χ1) is 7.56. The smallest absolute Gasteiger partial charge is 0.343 e. The third-order valence-corrected chi connectivity index (χ3v) is 2.10. The lowest BCUT2D eigenvalue weighted by Gasteiger charge is -2.06. The van der Waals surface area contributed by atoms with Gasteiger partial charge in [0.15, 0.2) is 6.61 Å². The van der Waals surface area contributed by atoms with E-state index < -0.39 is 24.3 Å². The van der Waals surface area contributed by atoms with E-state index in [4.69, 9.17) is 11.6 Å². The van der Waals surface area contributed by atoms with Crippen molar-refractivity contribution in [3.05, 3.63) is 34.6 Å². The Balaban J connectivity index is 2.77. The standard InChI is InChI=1S/C10H9ClFNO3/c1-13-8(14)5-16-10(15)9-6(11)3-2-4-7(9)12/h2-4H,5H2,1H3,(H,13,14). The molecule has 0 aromatic heterocycles. The molecule has 1 amide bonds. The highest BCUT2D eigenvalue weighted by atomic mass is 35.5. The van der Waals surface area contributed by atoms with Crippen LogP contribution in [-0.4, -0.2) is 25.5 Å². The predicted octanol–water partition coefficient (Wildman–Crippen LogP) is 1.38. The summed E-state index contributed by atoms with van der Waals surface area (Å²) in [6.07, 6.45) is 0. The highest BCUT2D eigenvalue weighted by Gasteiger charge is 2.17. The zero-order valence-corrected chi connectivity index (χ0v) is 9.18. The molecule has 0 unspecified atom stereocenters. The van der Waals surface area contributed by atoms with Crippen LogP contribution in [0.1, 0.15) is 10.4 Å². The number of hydrogen-bond donors (Lipinski definition) is 1. The molecular weight excluding hydrogens is 237 g/mol. The molecular formula is C10H9ClFNO3. The third-order valence-electron chi connectivity index (χ3n) is 1.78. The Kier molecular flexibility index (Phi) is 4.25. The van der Waals surface area contributed by atoms with Gasteiger partial charge in [-0.1, -0.05) is 17.7 Å². The number of rotatable bonds is 3. The minimum Gasteiger partial charge on any atom is -0.452 e. The van der Waals surface area contributed by atoms with Crippen molar-refractivity contribution in [1.29, 1.82) is 0 Å². The Morgan fingerprint density at radius 1 is 1.50 bits per heavy atom. The number of esters is 1. The average Bonchev–Trinajstić information content (AvgIpc) is 2.25. The van der Waals surface area contributed by atoms with Gasteiger partial charge in [-0.3, -0.25) is 4.79 Å². The molecule has 0 atom stereocenters. The molecule has 1 N–H and O–H groups in total. The van der Waals surface area contributed by atoms with Crippen molar-refractivity contribution in [3.8, 4) is 0 Å². The number of nitrogens with one attached hydrogen (secondary N) is 1. The Hall–Kier alpha value is -1.62. The number of likely N-dealkylation sites (N-methyl/N-ethyl adjacent to an activating group) is 1. The summed E-state index contributed by atoms with van der Waals surface area (Å²) in [5.41, 5.74) is -0.368. The van der Waals surface area contributed by atoms with Crippen molar-refractivity contribution in [2.45, 2.75) is 0 Å². The zero-order valence-electron chi connectivity index (χ0n) is 8.42. The van der Waals surface area contributed by atoms with E-state index in [1.54, 1.807) is 0 Å². The fourth-order valence-electron chi connectivity index (χ4n) is 0.968. The van der Waals surface area contributed by atoms with Crippen LogP contribution in [0.3, 0.4) is 0 Å². The lowest BCUT2D eigenvalue weighted by molar-refractivity contribution is -0.123. The van der Waals surface area contributed by atoms with Gasteiger partial charge in [-0.2, -0.15) is 0 Å². The first-order valence-corrected chi connectivity index (χ1v) is 4.75. The van der Waals surface area contributed by atoms with Crippen LogP contribution in [0.5, 0.6) is 0 Å². The van der Waals surface area contributed by atoms with E-state index in [1.807, 2.05) is 0 Å². The maximum absolute atomic E-state index is 13.2. The minimum absolute atomic E-state index is 0.0538. The summed E-state index contributed by atoms with van der Waals surface area (Å²) >= 11 is 5.63. The molecule has 0 heterocycles. The van der Waals surface area contributed by atoms with Crippen molar-refractivity contribution in [3.63, 3.8) is 0 Å². The lowest BCUT2D eigenvalue weighted by Crippen LogP contribution is -2.25. The Bertz CT molecular complexity index is 402. The number of halogens is 2. The largest absolute Gasteiger partial charge is 0.452 e. The van der Waals surface area contributed by atoms with E-state index in [1.165, 1.54) is 19.2 Å². The Morgan fingerprint density at radius 2 is 2.19 bits per heavy atom. The minimum atomic E-state index is -0.966. The highest BCUT2D eigenvalue weighted by Crippen LogP contribution is 2.19. The molecule has 0 bridgehead atoms. The summed E-state index contributed by atoms with van der Waals surface area (Å²) in [6.45, 7) is -0.472. The third kappa shape index (κ3) is 2.93. The highest BCUT2D eigenvalue weighted by molar-refractivity contribution is 6.33. The normalized spacial score (nSPS) is 9.69. The van der Waals surface area contributed by atoms with Crippen LogP contribution < -0.4 is 5.32 Å². The van der Waals surface area contributed by atoms with E-state index in [0.29, 0.717) is 0 Å². The van der Waals surface area contributed by atoms with Gasteiger partial charge in [-0.05, 0) is 12.1 Å². The predicted molar refractivity (Wildman–Crippen MR) is 55.8 cm³/mol. The van der Waals surface area contributed by atoms with Gasteiger partial charge in [0, 0.05) is 7.05 Å². The van der Waals surface area contributed by atoms with Gasteiger partial charge in [-0.25, -0.2) is 9.18 Å². The van der Waals surface area contributed by atoms with Crippen molar-refractivity contribution in [2.75, 3.05) is 13.7 Å². The molecule has 0 saturated heterocycles. The number of hydrogen-bond acceptors (Lipinski definition) is 3. The van der Waals surface area contributed by atoms with E-state index in [0.717, 1.165) is 6.07 Å². The van der Waals surface area contributed by atoms with Crippen LogP contribution in [0, 0.1) is 5.82 Å². The van der Waals surface area contributed by atoms with Crippen molar-refractivity contribution < 1.29 is 18.7 Å². The summed E-state index contributed by atoms with van der Waals surface area (Å²) in [5, 5.41) is 2.20. The first-order valence-electron chi connectivity index (χ1n) is 4.38. The Morgan fingerprint density at radius 3 is 2.75 bits per heavy atom. The molecule has 0 saturated carbocycles. The fourth-order valence-corrected chi connectivity index (χ4v) is 1.21. The van der Waals surface area contributed by atoms with Gasteiger partial charge < -0.3 is 10.1 Å². The van der Waals surface area contributed by atoms with Gasteiger partial charge in [0.25, 0.3) is 5.91 Å². The molecule has 1 aromatic carbocycles. The van der Waals surface area contributed by atoms with E-state index in [-0.39, 0.29) is 10.6 Å². The molecule has 0 aliphatic rings. The average molecular weight is 246 g/mol. The molecule has 6 heteroatoms. The molecule has 1 rings (SSSR count). The maximum atomic E-state index is 13.2. The first kappa shape index (κ1) is 12.4. The summed E-state index contributed by atoms with van der Waals surface area (Å²) in [6, 6.07) is 3.82. The number of benzene rings is 1. The quantitative estimate of drug-likeness (QED) is 0.819. The molecule has 1 aromatic rings. The number of amides is 1. The summed E-state index contributed by atoms with van der Waals surface area (Å²) < 4.78 is 17.8. The van der Waals surface area contributed by atoms with Gasteiger partial charge >= 0.3 is 5.97 Å². The number of carbonyl (C=O) groups is 2. The zero-order chi connectivity index (χ0) is 12.1. The van der Waals surface area contributed by atoms with Gasteiger partial charge in [-0.15, -0.1) is 0 Å². The second-order valence-corrected chi connectivity index (χ2v) is 3.25. The molecule has 86 valence electrons. The Labute approximate surface area is 96.3 Å². The molecule has 0 spiro atoms. The summed E-state index contributed by atoms with van der Waals surface area (Å²) in [5.74, 6) is -2.23. The van der Waals surface area contributed by atoms with Gasteiger partial charge in [0.1, 0.15) is 11.4 Å². The van der Waals surface area contributed by atoms with Crippen LogP contribution in [-0.2, 0) is 9.53 Å². The van der Waals surface area contributed by atoms with Crippen LogP contribution >= 0.6 is 11.6 Å². The maximum Gasteiger partial charge on any atom is 0.343 e. The fraction of sp³-hybridized carbons (Fsp3) is 0.200.